The number of hydrogen-bond donors (Lipinski definition) is 1. The molecule has 0 atom stereocenters. The van der Waals surface area contributed by atoms with Crippen molar-refractivity contribution in [3.63, 3.8) is 0 Å². The Hall–Kier alpha value is -2.46. The molecule has 0 saturated carbocycles. The SMILES string of the molecule is CCN(CC)S(=O)(=O)c1ccc(C(=O)Nc2c(F)c(F)cc(F)c2F)cc1. The molecule has 0 radical (unpaired) electrons. The van der Waals surface area contributed by atoms with Crippen LogP contribution in [0.5, 0.6) is 0 Å². The van der Waals surface area contributed by atoms with E-state index in [1.54, 1.807) is 19.2 Å². The van der Waals surface area contributed by atoms with Gasteiger partial charge < -0.3 is 5.32 Å². The average Bonchev–Trinajstić information content (AvgIpc) is 2.64. The van der Waals surface area contributed by atoms with Crippen molar-refractivity contribution in [1.29, 1.82) is 0 Å². The first-order valence-corrected chi connectivity index (χ1v) is 9.32. The minimum absolute atomic E-state index is 0.0210. The Morgan fingerprint density at radius 1 is 0.963 bits per heavy atom. The second-order valence-electron chi connectivity index (χ2n) is 5.41. The van der Waals surface area contributed by atoms with Crippen LogP contribution in [0.15, 0.2) is 35.2 Å². The van der Waals surface area contributed by atoms with Gasteiger partial charge in [-0.15, -0.1) is 0 Å². The fraction of sp³-hybridized carbons (Fsp3) is 0.235. The van der Waals surface area contributed by atoms with E-state index in [0.717, 1.165) is 24.3 Å². The van der Waals surface area contributed by atoms with Crippen LogP contribution in [0.25, 0.3) is 0 Å². The standard InChI is InChI=1S/C17H16F4N2O3S/c1-3-23(4-2)27(25,26)11-7-5-10(6-8-11)17(24)22-16-14(20)12(18)9-13(19)15(16)21/h5-9H,3-4H2,1-2H3,(H,22,24). The number of benzene rings is 2. The van der Waals surface area contributed by atoms with Gasteiger partial charge in [-0.3, -0.25) is 4.79 Å². The number of nitrogens with one attached hydrogen (secondary N) is 1. The van der Waals surface area contributed by atoms with Crippen LogP contribution in [0, 0.1) is 23.3 Å². The maximum Gasteiger partial charge on any atom is 0.255 e. The lowest BCUT2D eigenvalue weighted by Gasteiger charge is -2.18. The Balaban J connectivity index is 2.30. The topological polar surface area (TPSA) is 66.5 Å². The second kappa shape index (κ2) is 8.05. The highest BCUT2D eigenvalue weighted by Crippen LogP contribution is 2.25. The van der Waals surface area contributed by atoms with Crippen LogP contribution in [-0.2, 0) is 10.0 Å². The molecule has 0 aliphatic rings. The van der Waals surface area contributed by atoms with E-state index in [2.05, 4.69) is 0 Å². The summed E-state index contributed by atoms with van der Waals surface area (Å²) in [6.07, 6.45) is 0. The van der Waals surface area contributed by atoms with Crippen LogP contribution >= 0.6 is 0 Å². The first kappa shape index (κ1) is 20.8. The number of hydrogen-bond acceptors (Lipinski definition) is 3. The third kappa shape index (κ3) is 4.11. The summed E-state index contributed by atoms with van der Waals surface area (Å²) in [5.74, 6) is -7.88. The zero-order valence-electron chi connectivity index (χ0n) is 14.4. The van der Waals surface area contributed by atoms with Gasteiger partial charge in [-0.25, -0.2) is 26.0 Å². The summed E-state index contributed by atoms with van der Waals surface area (Å²) < 4.78 is 79.6. The van der Waals surface area contributed by atoms with E-state index in [-0.39, 0.29) is 29.6 Å². The van der Waals surface area contributed by atoms with Gasteiger partial charge in [-0.1, -0.05) is 13.8 Å². The van der Waals surface area contributed by atoms with Crippen LogP contribution in [0.4, 0.5) is 23.2 Å². The van der Waals surface area contributed by atoms with Crippen molar-refractivity contribution in [2.24, 2.45) is 0 Å². The quantitative estimate of drug-likeness (QED) is 0.592. The Labute approximate surface area is 153 Å². The van der Waals surface area contributed by atoms with Gasteiger partial charge in [0.25, 0.3) is 5.91 Å². The summed E-state index contributed by atoms with van der Waals surface area (Å²) in [4.78, 5) is 12.0. The van der Waals surface area contributed by atoms with E-state index < -0.39 is 44.9 Å². The molecule has 27 heavy (non-hydrogen) atoms. The van der Waals surface area contributed by atoms with Gasteiger partial charge in [0.2, 0.25) is 10.0 Å². The van der Waals surface area contributed by atoms with Crippen molar-refractivity contribution < 1.29 is 30.8 Å². The Morgan fingerprint density at radius 2 is 1.44 bits per heavy atom. The Bertz CT molecular complexity index is 933. The number of halogens is 4. The molecule has 0 spiro atoms. The van der Waals surface area contributed by atoms with Crippen molar-refractivity contribution >= 4 is 21.6 Å². The smallest absolute Gasteiger partial charge is 0.255 e. The van der Waals surface area contributed by atoms with Crippen LogP contribution in [0.1, 0.15) is 24.2 Å². The van der Waals surface area contributed by atoms with Crippen LogP contribution in [-0.4, -0.2) is 31.7 Å². The van der Waals surface area contributed by atoms with E-state index in [9.17, 15) is 30.8 Å². The molecule has 0 saturated heterocycles. The van der Waals surface area contributed by atoms with Crippen molar-refractivity contribution in [2.45, 2.75) is 18.7 Å². The minimum Gasteiger partial charge on any atom is -0.317 e. The highest BCUT2D eigenvalue weighted by Gasteiger charge is 2.23. The maximum absolute atomic E-state index is 13.6. The van der Waals surface area contributed by atoms with Crippen LogP contribution in [0.3, 0.4) is 0 Å². The maximum atomic E-state index is 13.6. The van der Waals surface area contributed by atoms with Gasteiger partial charge in [0.1, 0.15) is 5.69 Å². The fourth-order valence-corrected chi connectivity index (χ4v) is 3.82. The molecule has 0 unspecified atom stereocenters. The molecule has 1 N–H and O–H groups in total. The fourth-order valence-electron chi connectivity index (χ4n) is 2.36. The lowest BCUT2D eigenvalue weighted by molar-refractivity contribution is 0.102. The summed E-state index contributed by atoms with van der Waals surface area (Å²) in [5, 5.41) is 1.75. The third-order valence-corrected chi connectivity index (χ3v) is 5.87. The lowest BCUT2D eigenvalue weighted by atomic mass is 10.2. The predicted octanol–water partition coefficient (Wildman–Crippen LogP) is 3.53. The summed E-state index contributed by atoms with van der Waals surface area (Å²) >= 11 is 0. The second-order valence-corrected chi connectivity index (χ2v) is 7.35. The van der Waals surface area contributed by atoms with Gasteiger partial charge >= 0.3 is 0 Å². The minimum atomic E-state index is -3.74. The van der Waals surface area contributed by atoms with Crippen molar-refractivity contribution in [2.75, 3.05) is 18.4 Å². The van der Waals surface area contributed by atoms with E-state index >= 15 is 0 Å². The Morgan fingerprint density at radius 3 is 1.89 bits per heavy atom. The zero-order chi connectivity index (χ0) is 20.4. The largest absolute Gasteiger partial charge is 0.317 e. The molecule has 0 aliphatic heterocycles. The lowest BCUT2D eigenvalue weighted by Crippen LogP contribution is -2.30. The van der Waals surface area contributed by atoms with E-state index in [0.29, 0.717) is 0 Å². The predicted molar refractivity (Wildman–Crippen MR) is 90.8 cm³/mol. The monoisotopic (exact) mass is 404 g/mol. The van der Waals surface area contributed by atoms with Gasteiger partial charge in [-0.05, 0) is 24.3 Å². The molecule has 0 bridgehead atoms. The first-order chi connectivity index (χ1) is 12.6. The molecule has 2 aromatic rings. The van der Waals surface area contributed by atoms with E-state index in [1.807, 2.05) is 0 Å². The molecular formula is C17H16F4N2O3S. The van der Waals surface area contributed by atoms with E-state index in [1.165, 1.54) is 4.31 Å². The number of nitrogens with zero attached hydrogens (tertiary/aromatic N) is 1. The van der Waals surface area contributed by atoms with Crippen molar-refractivity contribution in [1.82, 2.24) is 4.31 Å². The van der Waals surface area contributed by atoms with Crippen LogP contribution < -0.4 is 5.32 Å². The molecule has 5 nitrogen and oxygen atoms in total. The van der Waals surface area contributed by atoms with Gasteiger partial charge in [0.15, 0.2) is 23.3 Å². The molecule has 0 fully saturated rings. The number of carbonyl (C=O) groups excluding carboxylic acids is 1. The van der Waals surface area contributed by atoms with Gasteiger partial charge in [0.05, 0.1) is 4.90 Å². The molecule has 2 rings (SSSR count). The number of anilines is 1. The van der Waals surface area contributed by atoms with Gasteiger partial charge in [0, 0.05) is 24.7 Å². The highest BCUT2D eigenvalue weighted by molar-refractivity contribution is 7.89. The Kier molecular flexibility index (Phi) is 6.22. The number of amides is 1. The molecule has 146 valence electrons. The summed E-state index contributed by atoms with van der Waals surface area (Å²) in [5.41, 5.74) is -1.42. The molecular weight excluding hydrogens is 388 g/mol. The molecule has 2 aromatic carbocycles. The summed E-state index contributed by atoms with van der Waals surface area (Å²) in [6, 6.07) is 4.57. The highest BCUT2D eigenvalue weighted by atomic mass is 32.2. The third-order valence-electron chi connectivity index (χ3n) is 3.81. The summed E-state index contributed by atoms with van der Waals surface area (Å²) in [7, 11) is -3.74. The molecule has 0 heterocycles. The molecule has 10 heteroatoms. The van der Waals surface area contributed by atoms with Crippen LogP contribution in [0.2, 0.25) is 0 Å². The molecule has 0 aliphatic carbocycles. The van der Waals surface area contributed by atoms with Crippen molar-refractivity contribution in [3.8, 4) is 0 Å². The molecule has 0 aromatic heterocycles. The molecule has 1 amide bonds. The zero-order valence-corrected chi connectivity index (χ0v) is 15.2. The average molecular weight is 404 g/mol. The number of rotatable bonds is 6. The van der Waals surface area contributed by atoms with Gasteiger partial charge in [-0.2, -0.15) is 4.31 Å². The van der Waals surface area contributed by atoms with E-state index in [4.69, 9.17) is 0 Å². The summed E-state index contributed by atoms with van der Waals surface area (Å²) in [6.45, 7) is 3.85. The number of sulfonamides is 1. The number of carbonyl (C=O) groups is 1. The first-order valence-electron chi connectivity index (χ1n) is 7.88. The normalized spacial score (nSPS) is 11.7. The van der Waals surface area contributed by atoms with Crippen molar-refractivity contribution in [3.05, 3.63) is 59.2 Å².